The van der Waals surface area contributed by atoms with Crippen LogP contribution in [0, 0.1) is 19.8 Å². The topological polar surface area (TPSA) is 95.9 Å². The molecule has 0 spiro atoms. The van der Waals surface area contributed by atoms with Crippen molar-refractivity contribution < 1.29 is 28.6 Å². The number of aromatic nitrogens is 1. The average Bonchev–Trinajstić information content (AvgIpc) is 3.43. The maximum absolute atomic E-state index is 13.0. The van der Waals surface area contributed by atoms with E-state index < -0.39 is 24.5 Å². The molecule has 3 aromatic rings. The number of amides is 1. The zero-order chi connectivity index (χ0) is 26.0. The van der Waals surface area contributed by atoms with Crippen LogP contribution in [0.15, 0.2) is 48.5 Å². The van der Waals surface area contributed by atoms with Crippen molar-refractivity contribution in [1.82, 2.24) is 9.88 Å². The molecule has 2 aromatic carbocycles. The molecule has 1 aliphatic rings. The molecular formula is C27H27ClN2O6. The number of carbonyl (C=O) groups excluding carboxylic acids is 3. The molecule has 1 N–H and O–H groups in total. The standard InChI is InChI=1S/C27H27ClN2O6/c1-15(2)25(29-26(32)19-7-5-6-8-21(19)28)27(33)34-13-22(31)20-11-16(3)30(17(20)4)18-9-10-23-24(12-18)36-14-35-23/h5-12,15,25H,13-14H2,1-4H3,(H,29,32)/t25-/m0/s1. The van der Waals surface area contributed by atoms with Crippen molar-refractivity contribution in [2.45, 2.75) is 33.7 Å². The third-order valence-corrected chi connectivity index (χ3v) is 6.35. The molecule has 1 atom stereocenters. The first-order valence-electron chi connectivity index (χ1n) is 11.5. The van der Waals surface area contributed by atoms with Gasteiger partial charge in [0.15, 0.2) is 18.1 Å². The number of halogens is 1. The lowest BCUT2D eigenvalue weighted by Crippen LogP contribution is -2.45. The number of hydrogen-bond acceptors (Lipinski definition) is 6. The zero-order valence-electron chi connectivity index (χ0n) is 20.5. The van der Waals surface area contributed by atoms with Gasteiger partial charge < -0.3 is 24.1 Å². The summed E-state index contributed by atoms with van der Waals surface area (Å²) in [6.07, 6.45) is 0. The number of hydrogen-bond donors (Lipinski definition) is 1. The van der Waals surface area contributed by atoms with Crippen LogP contribution in [0.4, 0.5) is 0 Å². The molecule has 0 aliphatic carbocycles. The van der Waals surface area contributed by atoms with Crippen LogP contribution in [0.3, 0.4) is 0 Å². The van der Waals surface area contributed by atoms with Crippen molar-refractivity contribution in [3.05, 3.63) is 76.1 Å². The van der Waals surface area contributed by atoms with Gasteiger partial charge in [0.2, 0.25) is 12.6 Å². The van der Waals surface area contributed by atoms with Gasteiger partial charge in [-0.15, -0.1) is 0 Å². The molecule has 188 valence electrons. The van der Waals surface area contributed by atoms with Crippen LogP contribution in [0.2, 0.25) is 5.02 Å². The lowest BCUT2D eigenvalue weighted by atomic mass is 10.0. The molecule has 36 heavy (non-hydrogen) atoms. The number of ether oxygens (including phenoxy) is 3. The Labute approximate surface area is 214 Å². The molecule has 0 saturated carbocycles. The number of nitrogens with zero attached hydrogens (tertiary/aromatic N) is 1. The lowest BCUT2D eigenvalue weighted by Gasteiger charge is -2.21. The number of Topliss-reactive ketones (excluding diaryl/α,β-unsaturated/α-hetero) is 1. The third kappa shape index (κ3) is 5.09. The van der Waals surface area contributed by atoms with Crippen LogP contribution in [-0.4, -0.2) is 41.7 Å². The first-order chi connectivity index (χ1) is 17.2. The molecule has 1 aliphatic heterocycles. The van der Waals surface area contributed by atoms with E-state index in [4.69, 9.17) is 25.8 Å². The summed E-state index contributed by atoms with van der Waals surface area (Å²) in [7, 11) is 0. The van der Waals surface area contributed by atoms with E-state index in [0.717, 1.165) is 11.4 Å². The van der Waals surface area contributed by atoms with Crippen LogP contribution in [0.1, 0.15) is 46.0 Å². The van der Waals surface area contributed by atoms with E-state index in [1.54, 1.807) is 44.2 Å². The van der Waals surface area contributed by atoms with E-state index in [1.165, 1.54) is 0 Å². The number of esters is 1. The summed E-state index contributed by atoms with van der Waals surface area (Å²) in [5.41, 5.74) is 3.07. The van der Waals surface area contributed by atoms with Gasteiger partial charge in [0, 0.05) is 28.7 Å². The van der Waals surface area contributed by atoms with Gasteiger partial charge in [0.1, 0.15) is 6.04 Å². The van der Waals surface area contributed by atoms with Gasteiger partial charge in [-0.05, 0) is 50.1 Å². The largest absolute Gasteiger partial charge is 0.456 e. The number of nitrogens with one attached hydrogen (secondary N) is 1. The van der Waals surface area contributed by atoms with Crippen molar-refractivity contribution in [3.63, 3.8) is 0 Å². The van der Waals surface area contributed by atoms with Crippen LogP contribution in [-0.2, 0) is 9.53 Å². The summed E-state index contributed by atoms with van der Waals surface area (Å²) in [4.78, 5) is 38.4. The SMILES string of the molecule is Cc1cc(C(=O)COC(=O)[C@@H](NC(=O)c2ccccc2Cl)C(C)C)c(C)n1-c1ccc2c(c1)OCO2. The highest BCUT2D eigenvalue weighted by molar-refractivity contribution is 6.33. The Balaban J connectivity index is 1.45. The Hall–Kier alpha value is -3.78. The number of fused-ring (bicyclic) bond motifs is 1. The lowest BCUT2D eigenvalue weighted by molar-refractivity contribution is -0.145. The van der Waals surface area contributed by atoms with Crippen molar-refractivity contribution in [2.24, 2.45) is 5.92 Å². The Bertz CT molecular complexity index is 1330. The second-order valence-corrected chi connectivity index (χ2v) is 9.27. The van der Waals surface area contributed by atoms with Crippen molar-refractivity contribution >= 4 is 29.3 Å². The fourth-order valence-corrected chi connectivity index (χ4v) is 4.35. The van der Waals surface area contributed by atoms with Gasteiger partial charge in [-0.3, -0.25) is 9.59 Å². The van der Waals surface area contributed by atoms with Gasteiger partial charge in [-0.1, -0.05) is 37.6 Å². The number of benzene rings is 2. The molecule has 9 heteroatoms. The summed E-state index contributed by atoms with van der Waals surface area (Å²) < 4.78 is 18.1. The van der Waals surface area contributed by atoms with E-state index in [2.05, 4.69) is 5.32 Å². The van der Waals surface area contributed by atoms with Gasteiger partial charge >= 0.3 is 5.97 Å². The van der Waals surface area contributed by atoms with Crippen LogP contribution >= 0.6 is 11.6 Å². The normalized spacial score (nSPS) is 12.9. The van der Waals surface area contributed by atoms with Crippen molar-refractivity contribution in [3.8, 4) is 17.2 Å². The summed E-state index contributed by atoms with van der Waals surface area (Å²) in [6.45, 7) is 7.00. The summed E-state index contributed by atoms with van der Waals surface area (Å²) in [5.74, 6) is -0.484. The fourth-order valence-electron chi connectivity index (χ4n) is 4.13. The Morgan fingerprint density at radius 2 is 1.75 bits per heavy atom. The maximum Gasteiger partial charge on any atom is 0.329 e. The minimum absolute atomic E-state index is 0.174. The highest BCUT2D eigenvalue weighted by Crippen LogP contribution is 2.35. The smallest absolute Gasteiger partial charge is 0.329 e. The van der Waals surface area contributed by atoms with E-state index in [-0.39, 0.29) is 29.1 Å². The third-order valence-electron chi connectivity index (χ3n) is 6.02. The summed E-state index contributed by atoms with van der Waals surface area (Å²) in [6, 6.07) is 12.9. The van der Waals surface area contributed by atoms with Crippen molar-refractivity contribution in [1.29, 1.82) is 0 Å². The van der Waals surface area contributed by atoms with E-state index >= 15 is 0 Å². The van der Waals surface area contributed by atoms with Crippen LogP contribution < -0.4 is 14.8 Å². The monoisotopic (exact) mass is 510 g/mol. The number of aryl methyl sites for hydroxylation is 1. The molecule has 0 radical (unpaired) electrons. The average molecular weight is 511 g/mol. The minimum atomic E-state index is -0.942. The molecular weight excluding hydrogens is 484 g/mol. The van der Waals surface area contributed by atoms with Crippen LogP contribution in [0.25, 0.3) is 5.69 Å². The second kappa shape index (κ2) is 10.5. The highest BCUT2D eigenvalue weighted by atomic mass is 35.5. The maximum atomic E-state index is 13.0. The quantitative estimate of drug-likeness (QED) is 0.350. The van der Waals surface area contributed by atoms with E-state index in [0.29, 0.717) is 22.8 Å². The predicted molar refractivity (Wildman–Crippen MR) is 134 cm³/mol. The summed E-state index contributed by atoms with van der Waals surface area (Å²) in [5, 5.41) is 2.94. The number of ketones is 1. The predicted octanol–water partition coefficient (Wildman–Crippen LogP) is 4.66. The van der Waals surface area contributed by atoms with E-state index in [9.17, 15) is 14.4 Å². The molecule has 2 heterocycles. The first-order valence-corrected chi connectivity index (χ1v) is 11.9. The molecule has 4 rings (SSSR count). The van der Waals surface area contributed by atoms with Gasteiger partial charge in [0.05, 0.1) is 10.6 Å². The Kier molecular flexibility index (Phi) is 7.35. The van der Waals surface area contributed by atoms with Crippen LogP contribution in [0.5, 0.6) is 11.5 Å². The Morgan fingerprint density at radius 3 is 2.47 bits per heavy atom. The second-order valence-electron chi connectivity index (χ2n) is 8.86. The molecule has 0 fully saturated rings. The number of rotatable bonds is 8. The summed E-state index contributed by atoms with van der Waals surface area (Å²) >= 11 is 6.10. The molecule has 1 aromatic heterocycles. The first kappa shape index (κ1) is 25.3. The van der Waals surface area contributed by atoms with Gasteiger partial charge in [0.25, 0.3) is 5.91 Å². The molecule has 8 nitrogen and oxygen atoms in total. The molecule has 0 bridgehead atoms. The highest BCUT2D eigenvalue weighted by Gasteiger charge is 2.28. The van der Waals surface area contributed by atoms with E-state index in [1.807, 2.05) is 36.6 Å². The zero-order valence-corrected chi connectivity index (χ0v) is 21.2. The molecule has 0 unspecified atom stereocenters. The van der Waals surface area contributed by atoms with Crippen molar-refractivity contribution in [2.75, 3.05) is 13.4 Å². The molecule has 0 saturated heterocycles. The number of carbonyl (C=O) groups is 3. The van der Waals surface area contributed by atoms with Gasteiger partial charge in [-0.2, -0.15) is 0 Å². The fraction of sp³-hybridized carbons (Fsp3) is 0.296. The molecule has 1 amide bonds. The van der Waals surface area contributed by atoms with Gasteiger partial charge in [-0.25, -0.2) is 4.79 Å². The minimum Gasteiger partial charge on any atom is -0.456 e. The Morgan fingerprint density at radius 1 is 1.03 bits per heavy atom.